The smallest absolute Gasteiger partial charge is 0.251 e. The topological polar surface area (TPSA) is 77.5 Å². The number of nitrogens with zero attached hydrogens (tertiary/aromatic N) is 1. The Bertz CT molecular complexity index is 1150. The molecule has 6 heteroatoms. The van der Waals surface area contributed by atoms with Gasteiger partial charge in [-0.2, -0.15) is 0 Å². The van der Waals surface area contributed by atoms with Gasteiger partial charge in [-0.1, -0.05) is 24.3 Å². The molecule has 32 heavy (non-hydrogen) atoms. The minimum atomic E-state index is -0.0158. The van der Waals surface area contributed by atoms with Crippen LogP contribution in [0.2, 0.25) is 0 Å². The zero-order chi connectivity index (χ0) is 22.7. The average Bonchev–Trinajstić information content (AvgIpc) is 2.78. The van der Waals surface area contributed by atoms with Crippen LogP contribution in [0.1, 0.15) is 21.5 Å². The lowest BCUT2D eigenvalue weighted by atomic mass is 9.99. The Hall–Kier alpha value is -3.64. The van der Waals surface area contributed by atoms with E-state index in [1.54, 1.807) is 0 Å². The molecule has 0 atom stereocenters. The maximum Gasteiger partial charge on any atom is 0.251 e. The van der Waals surface area contributed by atoms with Gasteiger partial charge in [0.1, 0.15) is 11.5 Å². The Morgan fingerprint density at radius 2 is 1.81 bits per heavy atom. The number of hydrogen-bond donors (Lipinski definition) is 3. The predicted molar refractivity (Wildman–Crippen MR) is 129 cm³/mol. The third-order valence-electron chi connectivity index (χ3n) is 5.72. The van der Waals surface area contributed by atoms with E-state index >= 15 is 0 Å². The number of carbonyl (C=O) groups excluding carboxylic acids is 1. The van der Waals surface area contributed by atoms with Crippen molar-refractivity contribution in [2.45, 2.75) is 13.0 Å². The second kappa shape index (κ2) is 9.24. The summed E-state index contributed by atoms with van der Waals surface area (Å²) in [6.45, 7) is 3.76. The fraction of sp³-hybridized carbons (Fsp3) is 0.231. The van der Waals surface area contributed by atoms with Crippen molar-refractivity contribution in [3.8, 4) is 22.6 Å². The summed E-state index contributed by atoms with van der Waals surface area (Å²) in [5, 5.41) is 13.7. The summed E-state index contributed by atoms with van der Waals surface area (Å²) in [5.41, 5.74) is 5.34. The highest BCUT2D eigenvalue weighted by molar-refractivity contribution is 5.96. The van der Waals surface area contributed by atoms with Crippen LogP contribution in [0.25, 0.3) is 11.1 Å². The van der Waals surface area contributed by atoms with Crippen LogP contribution < -0.4 is 15.4 Å². The number of ether oxygens (including phenoxy) is 1. The van der Waals surface area contributed by atoms with E-state index in [9.17, 15) is 4.79 Å². The number of likely N-dealkylation sites (tertiary alicyclic amines) is 1. The van der Waals surface area contributed by atoms with Crippen molar-refractivity contribution in [2.24, 2.45) is 0 Å². The Balaban J connectivity index is 1.51. The number of anilines is 1. The largest absolute Gasteiger partial charge is 0.457 e. The Kier molecular flexibility index (Phi) is 6.23. The fourth-order valence-corrected chi connectivity index (χ4v) is 3.97. The summed E-state index contributed by atoms with van der Waals surface area (Å²) in [4.78, 5) is 14.8. The Labute approximate surface area is 188 Å². The molecule has 0 aromatic heterocycles. The molecule has 0 spiro atoms. The molecule has 1 saturated heterocycles. The molecular formula is C26H28N4O2. The molecule has 0 aliphatic carbocycles. The van der Waals surface area contributed by atoms with E-state index in [2.05, 4.69) is 15.5 Å². The Morgan fingerprint density at radius 3 is 2.50 bits per heavy atom. The molecule has 0 bridgehead atoms. The van der Waals surface area contributed by atoms with Gasteiger partial charge in [-0.25, -0.2) is 0 Å². The second-order valence-electron chi connectivity index (χ2n) is 8.19. The van der Waals surface area contributed by atoms with Crippen LogP contribution >= 0.6 is 0 Å². The molecule has 0 radical (unpaired) electrons. The monoisotopic (exact) mass is 428 g/mol. The lowest BCUT2D eigenvalue weighted by Gasteiger charge is -2.36. The number of hydrogen-bond acceptors (Lipinski definition) is 5. The van der Waals surface area contributed by atoms with Crippen LogP contribution in [0.5, 0.6) is 11.5 Å². The molecule has 1 heterocycles. The van der Waals surface area contributed by atoms with Crippen molar-refractivity contribution in [3.05, 3.63) is 77.4 Å². The first-order valence-corrected chi connectivity index (χ1v) is 10.7. The molecule has 1 fully saturated rings. The third-order valence-corrected chi connectivity index (χ3v) is 5.72. The van der Waals surface area contributed by atoms with Gasteiger partial charge in [0.15, 0.2) is 0 Å². The van der Waals surface area contributed by atoms with Crippen LogP contribution in [0.3, 0.4) is 0 Å². The first-order chi connectivity index (χ1) is 15.5. The van der Waals surface area contributed by atoms with E-state index in [4.69, 9.17) is 10.1 Å². The van der Waals surface area contributed by atoms with E-state index in [1.807, 2.05) is 81.7 Å². The number of nitrogens with one attached hydrogen (secondary N) is 3. The van der Waals surface area contributed by atoms with Gasteiger partial charge in [0, 0.05) is 49.2 Å². The zero-order valence-electron chi connectivity index (χ0n) is 18.6. The number of likely N-dealkylation sites (N-methyl/N-ethyl adjacent to an activating group) is 1. The van der Waals surface area contributed by atoms with E-state index < -0.39 is 0 Å². The van der Waals surface area contributed by atoms with Crippen LogP contribution in [0.15, 0.2) is 60.7 Å². The minimum Gasteiger partial charge on any atom is -0.457 e. The van der Waals surface area contributed by atoms with E-state index in [0.29, 0.717) is 11.3 Å². The lowest BCUT2D eigenvalue weighted by Crippen LogP contribution is -2.57. The Morgan fingerprint density at radius 1 is 1.06 bits per heavy atom. The zero-order valence-corrected chi connectivity index (χ0v) is 18.6. The predicted octanol–water partition coefficient (Wildman–Crippen LogP) is 4.54. The lowest BCUT2D eigenvalue weighted by molar-refractivity contribution is 0.0857. The van der Waals surface area contributed by atoms with Crippen LogP contribution in [-0.4, -0.2) is 50.2 Å². The van der Waals surface area contributed by atoms with Crippen molar-refractivity contribution in [1.29, 1.82) is 5.41 Å². The molecule has 1 aliphatic rings. The summed E-state index contributed by atoms with van der Waals surface area (Å²) in [5.74, 6) is 1.40. The first-order valence-electron chi connectivity index (χ1n) is 10.7. The quantitative estimate of drug-likeness (QED) is 0.483. The molecule has 3 aromatic carbocycles. The fourth-order valence-electron chi connectivity index (χ4n) is 3.97. The van der Waals surface area contributed by atoms with Crippen LogP contribution in [0, 0.1) is 12.3 Å². The SMILES string of the molecule is CNc1cc(Oc2cccc(-c3ccc(C(=O)NC4CN(C)C4)c(C)c3)c2)ccc1C=N. The highest BCUT2D eigenvalue weighted by Gasteiger charge is 2.25. The van der Waals surface area contributed by atoms with Gasteiger partial charge in [-0.05, 0) is 61.0 Å². The van der Waals surface area contributed by atoms with Gasteiger partial charge < -0.3 is 25.7 Å². The molecule has 0 saturated carbocycles. The summed E-state index contributed by atoms with van der Waals surface area (Å²) in [7, 11) is 3.87. The maximum atomic E-state index is 12.6. The van der Waals surface area contributed by atoms with Gasteiger partial charge in [-0.3, -0.25) is 4.79 Å². The van der Waals surface area contributed by atoms with Crippen molar-refractivity contribution in [2.75, 3.05) is 32.5 Å². The normalized spacial score (nSPS) is 13.8. The molecule has 1 aliphatic heterocycles. The first kappa shape index (κ1) is 21.6. The summed E-state index contributed by atoms with van der Waals surface area (Å²) >= 11 is 0. The molecule has 4 rings (SSSR count). The number of rotatable bonds is 7. The van der Waals surface area contributed by atoms with Crippen molar-refractivity contribution >= 4 is 17.8 Å². The third kappa shape index (κ3) is 4.65. The molecule has 6 nitrogen and oxygen atoms in total. The van der Waals surface area contributed by atoms with Gasteiger partial charge >= 0.3 is 0 Å². The molecule has 0 unspecified atom stereocenters. The van der Waals surface area contributed by atoms with Crippen molar-refractivity contribution < 1.29 is 9.53 Å². The van der Waals surface area contributed by atoms with Gasteiger partial charge in [-0.15, -0.1) is 0 Å². The average molecular weight is 429 g/mol. The highest BCUT2D eigenvalue weighted by atomic mass is 16.5. The number of benzene rings is 3. The van der Waals surface area contributed by atoms with E-state index in [1.165, 1.54) is 6.21 Å². The van der Waals surface area contributed by atoms with Crippen LogP contribution in [-0.2, 0) is 0 Å². The van der Waals surface area contributed by atoms with E-state index in [0.717, 1.165) is 46.8 Å². The molecule has 3 aromatic rings. The van der Waals surface area contributed by atoms with Crippen molar-refractivity contribution in [3.63, 3.8) is 0 Å². The van der Waals surface area contributed by atoms with Crippen LogP contribution in [0.4, 0.5) is 5.69 Å². The standard InChI is InChI=1S/C26H28N4O2/c1-17-11-19(8-10-24(17)26(31)29-21-15-30(3)16-21)18-5-4-6-22(12-18)32-23-9-7-20(14-27)25(13-23)28-2/h4-14,21,27-28H,15-16H2,1-3H3,(H,29,31). The number of carbonyl (C=O) groups is 1. The summed E-state index contributed by atoms with van der Waals surface area (Å²) < 4.78 is 6.06. The van der Waals surface area contributed by atoms with E-state index in [-0.39, 0.29) is 11.9 Å². The molecule has 1 amide bonds. The molecule has 164 valence electrons. The highest BCUT2D eigenvalue weighted by Crippen LogP contribution is 2.30. The van der Waals surface area contributed by atoms with Gasteiger partial charge in [0.25, 0.3) is 5.91 Å². The van der Waals surface area contributed by atoms with Crippen molar-refractivity contribution in [1.82, 2.24) is 10.2 Å². The second-order valence-corrected chi connectivity index (χ2v) is 8.19. The number of amides is 1. The summed E-state index contributed by atoms with van der Waals surface area (Å²) in [6, 6.07) is 19.6. The maximum absolute atomic E-state index is 12.6. The number of aryl methyl sites for hydroxylation is 1. The van der Waals surface area contributed by atoms with Gasteiger partial charge in [0.05, 0.1) is 6.04 Å². The minimum absolute atomic E-state index is 0.0158. The molecule has 3 N–H and O–H groups in total. The van der Waals surface area contributed by atoms with Gasteiger partial charge in [0.2, 0.25) is 0 Å². The summed E-state index contributed by atoms with van der Waals surface area (Å²) in [6.07, 6.45) is 1.31. The molecular weight excluding hydrogens is 400 g/mol.